The highest BCUT2D eigenvalue weighted by Gasteiger charge is 2.32. The molecule has 1 heterocycles. The second-order valence-corrected chi connectivity index (χ2v) is 7.12. The van der Waals surface area contributed by atoms with E-state index in [-0.39, 0.29) is 0 Å². The molecule has 0 amide bonds. The number of benzene rings is 1. The van der Waals surface area contributed by atoms with Gasteiger partial charge in [-0.25, -0.2) is 0 Å². The van der Waals surface area contributed by atoms with Crippen LogP contribution in [-0.2, 0) is 16.6 Å². The fourth-order valence-electron chi connectivity index (χ4n) is 2.12. The van der Waals surface area contributed by atoms with E-state index in [0.717, 1.165) is 5.56 Å². The van der Waals surface area contributed by atoms with Crippen LogP contribution in [0.5, 0.6) is 0 Å². The molecule has 1 aliphatic heterocycles. The number of anilines is 2. The van der Waals surface area contributed by atoms with Crippen LogP contribution in [0.4, 0.5) is 11.4 Å². The summed E-state index contributed by atoms with van der Waals surface area (Å²) in [7, 11) is -3.52. The standard InChI is InChI=1S/C12H19N3O2S/c1-12(2,3)14-18(16,17)15-8-7-9-10(13)5-4-6-11(9)15/h4-6,14H,7-8,13H2,1-3H3. The Kier molecular flexibility index (Phi) is 3.03. The van der Waals surface area contributed by atoms with Gasteiger partial charge in [0.2, 0.25) is 0 Å². The van der Waals surface area contributed by atoms with E-state index in [1.807, 2.05) is 20.8 Å². The summed E-state index contributed by atoms with van der Waals surface area (Å²) in [6, 6.07) is 5.37. The van der Waals surface area contributed by atoms with Crippen LogP contribution in [0.1, 0.15) is 26.3 Å². The Morgan fingerprint density at radius 2 is 2.00 bits per heavy atom. The number of nitrogen functional groups attached to an aromatic ring is 1. The van der Waals surface area contributed by atoms with Crippen LogP contribution in [0.15, 0.2) is 18.2 Å². The van der Waals surface area contributed by atoms with E-state index in [1.54, 1.807) is 18.2 Å². The van der Waals surface area contributed by atoms with Gasteiger partial charge >= 0.3 is 10.2 Å². The van der Waals surface area contributed by atoms with Crippen molar-refractivity contribution in [2.24, 2.45) is 0 Å². The summed E-state index contributed by atoms with van der Waals surface area (Å²) in [6.45, 7) is 5.90. The van der Waals surface area contributed by atoms with Crippen LogP contribution in [0.2, 0.25) is 0 Å². The molecule has 0 spiro atoms. The van der Waals surface area contributed by atoms with Gasteiger partial charge in [-0.3, -0.25) is 4.31 Å². The van der Waals surface area contributed by atoms with Crippen LogP contribution >= 0.6 is 0 Å². The summed E-state index contributed by atoms with van der Waals surface area (Å²) in [5.74, 6) is 0. The van der Waals surface area contributed by atoms with Crippen LogP contribution < -0.4 is 14.8 Å². The maximum Gasteiger partial charge on any atom is 0.302 e. The molecule has 0 saturated carbocycles. The number of nitrogens with one attached hydrogen (secondary N) is 1. The number of hydrogen-bond donors (Lipinski definition) is 2. The lowest BCUT2D eigenvalue weighted by molar-refractivity contribution is 0.489. The fraction of sp³-hybridized carbons (Fsp3) is 0.500. The minimum absolute atomic E-state index is 0.439. The first-order valence-electron chi connectivity index (χ1n) is 5.90. The molecule has 1 aromatic rings. The van der Waals surface area contributed by atoms with Crippen molar-refractivity contribution < 1.29 is 8.42 Å². The molecule has 2 rings (SSSR count). The van der Waals surface area contributed by atoms with Crippen molar-refractivity contribution in [1.82, 2.24) is 4.72 Å². The lowest BCUT2D eigenvalue weighted by atomic mass is 10.1. The summed E-state index contributed by atoms with van der Waals surface area (Å²) in [5.41, 5.74) is 7.62. The monoisotopic (exact) mass is 269 g/mol. The fourth-order valence-corrected chi connectivity index (χ4v) is 3.77. The van der Waals surface area contributed by atoms with E-state index in [9.17, 15) is 8.42 Å². The van der Waals surface area contributed by atoms with Gasteiger partial charge in [-0.1, -0.05) is 6.07 Å². The van der Waals surface area contributed by atoms with Crippen LogP contribution in [-0.4, -0.2) is 20.5 Å². The van der Waals surface area contributed by atoms with Crippen LogP contribution in [0.3, 0.4) is 0 Å². The first kappa shape index (κ1) is 13.2. The highest BCUT2D eigenvalue weighted by Crippen LogP contribution is 2.33. The molecule has 3 N–H and O–H groups in total. The van der Waals surface area contributed by atoms with Gasteiger partial charge in [0.25, 0.3) is 0 Å². The molecule has 0 radical (unpaired) electrons. The molecule has 1 aliphatic rings. The zero-order valence-electron chi connectivity index (χ0n) is 10.9. The van der Waals surface area contributed by atoms with Gasteiger partial charge in [0, 0.05) is 23.3 Å². The molecule has 0 saturated heterocycles. The van der Waals surface area contributed by atoms with E-state index in [0.29, 0.717) is 24.3 Å². The van der Waals surface area contributed by atoms with E-state index >= 15 is 0 Å². The van der Waals surface area contributed by atoms with Crippen molar-refractivity contribution >= 4 is 21.6 Å². The molecule has 0 aromatic heterocycles. The normalized spacial score (nSPS) is 15.8. The third-order valence-corrected chi connectivity index (χ3v) is 4.58. The lowest BCUT2D eigenvalue weighted by Crippen LogP contribution is -2.48. The Balaban J connectivity index is 2.37. The molecule has 0 unspecified atom stereocenters. The second-order valence-electron chi connectivity index (χ2n) is 5.52. The Morgan fingerprint density at radius 3 is 2.61 bits per heavy atom. The van der Waals surface area contributed by atoms with Gasteiger partial charge in [-0.05, 0) is 39.3 Å². The third kappa shape index (κ3) is 2.44. The Hall–Kier alpha value is -1.27. The van der Waals surface area contributed by atoms with Crippen molar-refractivity contribution in [1.29, 1.82) is 0 Å². The predicted octanol–water partition coefficient (Wildman–Crippen LogP) is 1.26. The summed E-state index contributed by atoms with van der Waals surface area (Å²) in [4.78, 5) is 0. The Morgan fingerprint density at radius 1 is 1.33 bits per heavy atom. The van der Waals surface area contributed by atoms with Gasteiger partial charge in [0.05, 0.1) is 5.69 Å². The van der Waals surface area contributed by atoms with E-state index < -0.39 is 15.7 Å². The smallest absolute Gasteiger partial charge is 0.302 e. The topological polar surface area (TPSA) is 75.4 Å². The molecular formula is C12H19N3O2S. The van der Waals surface area contributed by atoms with Crippen molar-refractivity contribution in [3.8, 4) is 0 Å². The maximum absolute atomic E-state index is 12.3. The van der Waals surface area contributed by atoms with Crippen molar-refractivity contribution in [2.75, 3.05) is 16.6 Å². The van der Waals surface area contributed by atoms with E-state index in [1.165, 1.54) is 4.31 Å². The summed E-state index contributed by atoms with van der Waals surface area (Å²) in [6.07, 6.45) is 0.660. The third-order valence-electron chi connectivity index (χ3n) is 2.75. The minimum Gasteiger partial charge on any atom is -0.398 e. The largest absolute Gasteiger partial charge is 0.398 e. The van der Waals surface area contributed by atoms with Gasteiger partial charge in [0.1, 0.15) is 0 Å². The zero-order valence-corrected chi connectivity index (χ0v) is 11.7. The first-order valence-corrected chi connectivity index (χ1v) is 7.34. The number of nitrogens with two attached hydrogens (primary N) is 1. The highest BCUT2D eigenvalue weighted by molar-refractivity contribution is 7.91. The van der Waals surface area contributed by atoms with E-state index in [2.05, 4.69) is 4.72 Å². The van der Waals surface area contributed by atoms with Crippen LogP contribution in [0.25, 0.3) is 0 Å². The van der Waals surface area contributed by atoms with Gasteiger partial charge in [-0.2, -0.15) is 13.1 Å². The number of rotatable bonds is 2. The van der Waals surface area contributed by atoms with E-state index in [4.69, 9.17) is 5.73 Å². The van der Waals surface area contributed by atoms with Crippen molar-refractivity contribution in [3.63, 3.8) is 0 Å². The van der Waals surface area contributed by atoms with Gasteiger partial charge < -0.3 is 5.73 Å². The van der Waals surface area contributed by atoms with Crippen molar-refractivity contribution in [3.05, 3.63) is 23.8 Å². The summed E-state index contributed by atoms with van der Waals surface area (Å²) >= 11 is 0. The highest BCUT2D eigenvalue weighted by atomic mass is 32.2. The second kappa shape index (κ2) is 4.13. The average molecular weight is 269 g/mol. The zero-order chi connectivity index (χ0) is 13.6. The van der Waals surface area contributed by atoms with Crippen LogP contribution in [0, 0.1) is 0 Å². The molecule has 1 aromatic carbocycles. The molecule has 0 aliphatic carbocycles. The number of hydrogen-bond acceptors (Lipinski definition) is 3. The molecule has 6 heteroatoms. The van der Waals surface area contributed by atoms with Gasteiger partial charge in [0.15, 0.2) is 0 Å². The lowest BCUT2D eigenvalue weighted by Gasteiger charge is -2.26. The van der Waals surface area contributed by atoms with Crippen molar-refractivity contribution in [2.45, 2.75) is 32.7 Å². The molecular weight excluding hydrogens is 250 g/mol. The first-order chi connectivity index (χ1) is 8.21. The number of fused-ring (bicyclic) bond motifs is 1. The summed E-state index contributed by atoms with van der Waals surface area (Å²) in [5, 5.41) is 0. The SMILES string of the molecule is CC(C)(C)NS(=O)(=O)N1CCc2c(N)cccc21. The predicted molar refractivity (Wildman–Crippen MR) is 73.7 cm³/mol. The molecule has 0 bridgehead atoms. The molecule has 18 heavy (non-hydrogen) atoms. The number of nitrogens with zero attached hydrogens (tertiary/aromatic N) is 1. The minimum atomic E-state index is -3.52. The molecule has 0 atom stereocenters. The maximum atomic E-state index is 12.3. The molecule has 100 valence electrons. The molecule has 5 nitrogen and oxygen atoms in total. The quantitative estimate of drug-likeness (QED) is 0.794. The van der Waals surface area contributed by atoms with Gasteiger partial charge in [-0.15, -0.1) is 0 Å². The summed E-state index contributed by atoms with van der Waals surface area (Å²) < 4.78 is 28.6. The molecule has 0 fully saturated rings. The average Bonchev–Trinajstić information content (AvgIpc) is 2.59. The Labute approximate surface area is 108 Å². The Bertz CT molecular complexity index is 561.